The highest BCUT2D eigenvalue weighted by Gasteiger charge is 2.36. The Kier molecular flexibility index (Phi) is 6.35. The van der Waals surface area contributed by atoms with E-state index in [9.17, 15) is 10.1 Å². The standard InChI is InChI=1S/C21H30N4O2/c1-17-5-6-19(27-2)18(13-17)14-24-9-11-25(12-10-24)15-20(26)23-21(16-22)7-3-4-8-21/h5-6,13H,3-4,7-12,14-15H2,1-2H3,(H,23,26)/p+2. The number of aryl methyl sites for hydroxylation is 1. The average molecular weight is 373 g/mol. The molecule has 1 amide bonds. The maximum atomic E-state index is 12.4. The number of nitriles is 1. The van der Waals surface area contributed by atoms with Crippen LogP contribution in [0.4, 0.5) is 0 Å². The number of hydrogen-bond acceptors (Lipinski definition) is 3. The minimum atomic E-state index is -0.606. The summed E-state index contributed by atoms with van der Waals surface area (Å²) >= 11 is 0. The van der Waals surface area contributed by atoms with Gasteiger partial charge in [-0.1, -0.05) is 11.6 Å². The molecular weight excluding hydrogens is 340 g/mol. The topological polar surface area (TPSA) is 71.0 Å². The lowest BCUT2D eigenvalue weighted by molar-refractivity contribution is -1.02. The summed E-state index contributed by atoms with van der Waals surface area (Å²) in [6, 6.07) is 8.67. The Balaban J connectivity index is 1.47. The number of ether oxygens (including phenoxy) is 1. The molecule has 0 aromatic heterocycles. The summed E-state index contributed by atoms with van der Waals surface area (Å²) in [5.41, 5.74) is 1.90. The van der Waals surface area contributed by atoms with Crippen molar-refractivity contribution in [2.24, 2.45) is 0 Å². The van der Waals surface area contributed by atoms with Crippen molar-refractivity contribution in [2.75, 3.05) is 39.8 Å². The summed E-state index contributed by atoms with van der Waals surface area (Å²) < 4.78 is 5.50. The molecule has 3 N–H and O–H groups in total. The van der Waals surface area contributed by atoms with Crippen LogP contribution in [0.25, 0.3) is 0 Å². The van der Waals surface area contributed by atoms with Gasteiger partial charge in [-0.2, -0.15) is 5.26 Å². The van der Waals surface area contributed by atoms with Gasteiger partial charge in [-0.25, -0.2) is 0 Å². The van der Waals surface area contributed by atoms with Crippen LogP contribution in [-0.2, 0) is 11.3 Å². The Hall–Kier alpha value is -2.10. The van der Waals surface area contributed by atoms with E-state index in [1.807, 2.05) is 6.07 Å². The molecule has 1 saturated carbocycles. The first-order valence-electron chi connectivity index (χ1n) is 10.1. The van der Waals surface area contributed by atoms with Gasteiger partial charge in [0.1, 0.15) is 44.0 Å². The lowest BCUT2D eigenvalue weighted by Crippen LogP contribution is -3.28. The number of carbonyl (C=O) groups excluding carboxylic acids is 1. The van der Waals surface area contributed by atoms with E-state index in [0.29, 0.717) is 6.54 Å². The molecule has 1 heterocycles. The third kappa shape index (κ3) is 5.00. The molecule has 0 atom stereocenters. The zero-order valence-electron chi connectivity index (χ0n) is 16.6. The Labute approximate surface area is 162 Å². The number of quaternary nitrogens is 2. The number of carbonyl (C=O) groups is 1. The number of nitrogens with zero attached hydrogens (tertiary/aromatic N) is 1. The molecule has 1 aliphatic heterocycles. The van der Waals surface area contributed by atoms with Gasteiger partial charge in [0, 0.05) is 5.56 Å². The molecule has 1 aliphatic carbocycles. The molecule has 6 nitrogen and oxygen atoms in total. The maximum Gasteiger partial charge on any atom is 0.276 e. The van der Waals surface area contributed by atoms with Crippen LogP contribution in [0.2, 0.25) is 0 Å². The fourth-order valence-corrected chi connectivity index (χ4v) is 4.41. The van der Waals surface area contributed by atoms with Crippen LogP contribution in [0.1, 0.15) is 36.8 Å². The van der Waals surface area contributed by atoms with Crippen molar-refractivity contribution in [1.82, 2.24) is 5.32 Å². The lowest BCUT2D eigenvalue weighted by Gasteiger charge is -2.30. The number of amides is 1. The minimum Gasteiger partial charge on any atom is -0.496 e. The van der Waals surface area contributed by atoms with E-state index in [0.717, 1.165) is 64.2 Å². The summed E-state index contributed by atoms with van der Waals surface area (Å²) in [7, 11) is 1.72. The van der Waals surface area contributed by atoms with Crippen LogP contribution in [0.3, 0.4) is 0 Å². The van der Waals surface area contributed by atoms with Gasteiger partial charge in [-0.15, -0.1) is 0 Å². The molecule has 2 fully saturated rings. The Morgan fingerprint density at radius 2 is 1.89 bits per heavy atom. The van der Waals surface area contributed by atoms with E-state index in [1.165, 1.54) is 20.9 Å². The van der Waals surface area contributed by atoms with Gasteiger partial charge >= 0.3 is 0 Å². The summed E-state index contributed by atoms with van der Waals surface area (Å²) in [5, 5.41) is 12.4. The van der Waals surface area contributed by atoms with Crippen LogP contribution in [0.15, 0.2) is 18.2 Å². The van der Waals surface area contributed by atoms with Gasteiger partial charge in [-0.05, 0) is 44.7 Å². The molecular formula is C21H32N4O2+2. The van der Waals surface area contributed by atoms with Gasteiger partial charge in [0.05, 0.1) is 13.2 Å². The fourth-order valence-electron chi connectivity index (χ4n) is 4.41. The molecule has 0 unspecified atom stereocenters. The number of methoxy groups -OCH3 is 1. The minimum absolute atomic E-state index is 0.0252. The Morgan fingerprint density at radius 3 is 2.52 bits per heavy atom. The molecule has 1 saturated heterocycles. The molecule has 0 spiro atoms. The highest BCUT2D eigenvalue weighted by atomic mass is 16.5. The van der Waals surface area contributed by atoms with E-state index in [2.05, 4.69) is 30.4 Å². The van der Waals surface area contributed by atoms with Gasteiger partial charge in [0.15, 0.2) is 6.54 Å². The van der Waals surface area contributed by atoms with Crippen molar-refractivity contribution < 1.29 is 19.3 Å². The number of hydrogen-bond donors (Lipinski definition) is 3. The largest absolute Gasteiger partial charge is 0.496 e. The summed E-state index contributed by atoms with van der Waals surface area (Å²) in [6.07, 6.45) is 3.65. The van der Waals surface area contributed by atoms with Crippen molar-refractivity contribution in [3.63, 3.8) is 0 Å². The van der Waals surface area contributed by atoms with Crippen molar-refractivity contribution >= 4 is 5.91 Å². The number of benzene rings is 1. The zero-order chi connectivity index (χ0) is 19.3. The van der Waals surface area contributed by atoms with Gasteiger partial charge in [-0.3, -0.25) is 4.79 Å². The van der Waals surface area contributed by atoms with Crippen LogP contribution in [0.5, 0.6) is 5.75 Å². The SMILES string of the molecule is COc1ccc(C)cc1C[NH+]1CC[NH+](CC(=O)NC2(C#N)CCCC2)CC1. The molecule has 3 rings (SSSR count). The van der Waals surface area contributed by atoms with E-state index in [1.54, 1.807) is 7.11 Å². The van der Waals surface area contributed by atoms with Crippen LogP contribution in [-0.4, -0.2) is 51.3 Å². The van der Waals surface area contributed by atoms with Crippen LogP contribution >= 0.6 is 0 Å². The summed E-state index contributed by atoms with van der Waals surface area (Å²) in [5.74, 6) is 0.984. The third-order valence-corrected chi connectivity index (χ3v) is 6.00. The normalized spacial score (nSPS) is 24.2. The molecule has 146 valence electrons. The molecule has 2 aliphatic rings. The van der Waals surface area contributed by atoms with Crippen molar-refractivity contribution in [3.05, 3.63) is 29.3 Å². The highest BCUT2D eigenvalue weighted by molar-refractivity contribution is 5.78. The van der Waals surface area contributed by atoms with Crippen molar-refractivity contribution in [3.8, 4) is 11.8 Å². The second-order valence-corrected chi connectivity index (χ2v) is 8.12. The zero-order valence-corrected chi connectivity index (χ0v) is 16.6. The van der Waals surface area contributed by atoms with Crippen molar-refractivity contribution in [1.29, 1.82) is 5.26 Å². The predicted octanol–water partition coefficient (Wildman–Crippen LogP) is -0.760. The summed E-state index contributed by atoms with van der Waals surface area (Å²) in [4.78, 5) is 15.3. The monoisotopic (exact) mass is 372 g/mol. The fraction of sp³-hybridized carbons (Fsp3) is 0.619. The average Bonchev–Trinajstić information content (AvgIpc) is 3.12. The Bertz CT molecular complexity index is 699. The molecule has 1 aromatic rings. The maximum absolute atomic E-state index is 12.4. The first kappa shape index (κ1) is 19.7. The van der Waals surface area contributed by atoms with Gasteiger partial charge in [0.2, 0.25) is 0 Å². The molecule has 6 heteroatoms. The number of piperazine rings is 1. The third-order valence-electron chi connectivity index (χ3n) is 6.00. The first-order chi connectivity index (χ1) is 13.0. The molecule has 0 bridgehead atoms. The van der Waals surface area contributed by atoms with Crippen LogP contribution < -0.4 is 19.9 Å². The van der Waals surface area contributed by atoms with E-state index in [-0.39, 0.29) is 5.91 Å². The quantitative estimate of drug-likeness (QED) is 0.615. The van der Waals surface area contributed by atoms with E-state index in [4.69, 9.17) is 4.74 Å². The Morgan fingerprint density at radius 1 is 1.22 bits per heavy atom. The molecule has 1 aromatic carbocycles. The van der Waals surface area contributed by atoms with Crippen molar-refractivity contribution in [2.45, 2.75) is 44.7 Å². The number of rotatable bonds is 6. The highest BCUT2D eigenvalue weighted by Crippen LogP contribution is 2.28. The lowest BCUT2D eigenvalue weighted by atomic mass is 10.00. The second kappa shape index (κ2) is 8.73. The van der Waals surface area contributed by atoms with E-state index < -0.39 is 5.54 Å². The number of nitrogens with one attached hydrogen (secondary N) is 3. The van der Waals surface area contributed by atoms with Gasteiger partial charge < -0.3 is 19.9 Å². The predicted molar refractivity (Wildman–Crippen MR) is 103 cm³/mol. The second-order valence-electron chi connectivity index (χ2n) is 8.12. The smallest absolute Gasteiger partial charge is 0.276 e. The first-order valence-corrected chi connectivity index (χ1v) is 10.1. The van der Waals surface area contributed by atoms with E-state index >= 15 is 0 Å². The summed E-state index contributed by atoms with van der Waals surface area (Å²) in [6.45, 7) is 7.60. The molecule has 0 radical (unpaired) electrons. The van der Waals surface area contributed by atoms with Crippen LogP contribution in [0, 0.1) is 18.3 Å². The molecule has 27 heavy (non-hydrogen) atoms. The van der Waals surface area contributed by atoms with Gasteiger partial charge in [0.25, 0.3) is 5.91 Å².